The van der Waals surface area contributed by atoms with E-state index in [0.29, 0.717) is 0 Å². The molecule has 0 amide bonds. The zero-order valence-corrected chi connectivity index (χ0v) is 11.4. The number of nitrogens with one attached hydrogen (secondary N) is 1. The van der Waals surface area contributed by atoms with Crippen LogP contribution in [0.3, 0.4) is 0 Å². The van der Waals surface area contributed by atoms with Gasteiger partial charge in [-0.15, -0.1) is 11.8 Å². The van der Waals surface area contributed by atoms with E-state index in [2.05, 4.69) is 22.2 Å². The molecule has 5 heteroatoms. The second-order valence-corrected chi connectivity index (χ2v) is 4.52. The molecule has 0 saturated heterocycles. The average Bonchev–Trinajstić information content (AvgIpc) is 2.38. The Balaban J connectivity index is 2.09. The normalized spacial score (nSPS) is 10.5. The summed E-state index contributed by atoms with van der Waals surface area (Å²) in [4.78, 5) is 8.28. The lowest BCUT2D eigenvalue weighted by molar-refractivity contribution is 0.131. The smallest absolute Gasteiger partial charge is 0.130 e. The molecule has 0 atom stereocenters. The van der Waals surface area contributed by atoms with Crippen molar-refractivity contribution in [2.45, 2.75) is 31.2 Å². The summed E-state index contributed by atoms with van der Waals surface area (Å²) < 4.78 is 5.48. The van der Waals surface area contributed by atoms with Gasteiger partial charge >= 0.3 is 0 Å². The molecule has 96 valence electrons. The van der Waals surface area contributed by atoms with E-state index in [1.807, 2.05) is 12.3 Å². The van der Waals surface area contributed by atoms with Crippen LogP contribution >= 0.6 is 11.8 Å². The molecular formula is C12H21N3OS. The summed E-state index contributed by atoms with van der Waals surface area (Å²) in [6, 6.07) is 1.96. The van der Waals surface area contributed by atoms with E-state index in [9.17, 15) is 0 Å². The van der Waals surface area contributed by atoms with Crippen LogP contribution < -0.4 is 5.32 Å². The highest BCUT2D eigenvalue weighted by molar-refractivity contribution is 7.98. The Bertz CT molecular complexity index is 310. The lowest BCUT2D eigenvalue weighted by Gasteiger charge is -2.06. The summed E-state index contributed by atoms with van der Waals surface area (Å²) >= 11 is 1.62. The zero-order valence-electron chi connectivity index (χ0n) is 10.6. The van der Waals surface area contributed by atoms with Crippen molar-refractivity contribution in [2.24, 2.45) is 0 Å². The van der Waals surface area contributed by atoms with Gasteiger partial charge in [0.25, 0.3) is 0 Å². The first-order valence-electron chi connectivity index (χ1n) is 6.04. The van der Waals surface area contributed by atoms with Crippen LogP contribution in [-0.4, -0.2) is 36.0 Å². The Morgan fingerprint density at radius 3 is 2.88 bits per heavy atom. The highest BCUT2D eigenvalue weighted by Crippen LogP contribution is 2.13. The third-order valence-corrected chi connectivity index (χ3v) is 2.91. The maximum Gasteiger partial charge on any atom is 0.130 e. The molecule has 0 aromatic carbocycles. The molecule has 1 N–H and O–H groups in total. The number of unbranched alkanes of at least 4 members (excludes halogenated alkanes) is 1. The first-order chi connectivity index (χ1) is 8.36. The fourth-order valence-corrected chi connectivity index (χ4v) is 1.67. The second kappa shape index (κ2) is 9.24. The van der Waals surface area contributed by atoms with Gasteiger partial charge in [-0.3, -0.25) is 0 Å². The Kier molecular flexibility index (Phi) is 7.75. The summed E-state index contributed by atoms with van der Waals surface area (Å²) in [6.45, 7) is 4.74. The van der Waals surface area contributed by atoms with Gasteiger partial charge in [-0.05, 0) is 19.1 Å². The number of ether oxygens (including phenoxy) is 1. The van der Waals surface area contributed by atoms with Gasteiger partial charge in [-0.2, -0.15) is 0 Å². The van der Waals surface area contributed by atoms with Crippen molar-refractivity contribution < 1.29 is 4.74 Å². The van der Waals surface area contributed by atoms with Crippen LogP contribution in [0.5, 0.6) is 0 Å². The third-order valence-electron chi connectivity index (χ3n) is 2.26. The second-order valence-electron chi connectivity index (χ2n) is 3.69. The minimum absolute atomic E-state index is 0.813. The number of rotatable bonds is 9. The minimum Gasteiger partial charge on any atom is -0.381 e. The molecule has 0 aliphatic rings. The van der Waals surface area contributed by atoms with E-state index in [0.717, 1.165) is 43.4 Å². The van der Waals surface area contributed by atoms with Gasteiger partial charge in [0.15, 0.2) is 0 Å². The highest BCUT2D eigenvalue weighted by Gasteiger charge is 1.96. The fraction of sp³-hybridized carbons (Fsp3) is 0.667. The standard InChI is InChI=1S/C12H21N3OS/c1-3-4-7-16-8-5-6-13-11-9-12(17-2)15-10-14-11/h9-10H,3-8H2,1-2H3,(H,13,14,15). The number of aromatic nitrogens is 2. The zero-order chi connectivity index (χ0) is 12.3. The van der Waals surface area contributed by atoms with Crippen LogP contribution in [0.1, 0.15) is 26.2 Å². The fourth-order valence-electron chi connectivity index (χ4n) is 1.29. The molecule has 0 aliphatic carbocycles. The summed E-state index contributed by atoms with van der Waals surface area (Å²) in [7, 11) is 0. The van der Waals surface area contributed by atoms with Gasteiger partial charge in [-0.1, -0.05) is 13.3 Å². The predicted octanol–water partition coefficient (Wildman–Crippen LogP) is 2.82. The Labute approximate surface area is 108 Å². The van der Waals surface area contributed by atoms with Gasteiger partial charge in [-0.25, -0.2) is 9.97 Å². The van der Waals surface area contributed by atoms with Gasteiger partial charge < -0.3 is 10.1 Å². The Morgan fingerprint density at radius 2 is 2.12 bits per heavy atom. The number of thioether (sulfide) groups is 1. The van der Waals surface area contributed by atoms with Gasteiger partial charge in [0.05, 0.1) is 0 Å². The Hall–Kier alpha value is -0.810. The average molecular weight is 255 g/mol. The quantitative estimate of drug-likeness (QED) is 0.418. The topological polar surface area (TPSA) is 47.0 Å². The van der Waals surface area contributed by atoms with Crippen molar-refractivity contribution >= 4 is 17.6 Å². The van der Waals surface area contributed by atoms with E-state index in [1.54, 1.807) is 18.1 Å². The summed E-state index contributed by atoms with van der Waals surface area (Å²) in [5, 5.41) is 4.25. The van der Waals surface area contributed by atoms with Gasteiger partial charge in [0.2, 0.25) is 0 Å². The van der Waals surface area contributed by atoms with E-state index in [1.165, 1.54) is 6.42 Å². The van der Waals surface area contributed by atoms with Crippen LogP contribution in [0.4, 0.5) is 5.82 Å². The Morgan fingerprint density at radius 1 is 1.29 bits per heavy atom. The molecule has 0 unspecified atom stereocenters. The van der Waals surface area contributed by atoms with Crippen molar-refractivity contribution in [1.29, 1.82) is 0 Å². The molecular weight excluding hydrogens is 234 g/mol. The van der Waals surface area contributed by atoms with E-state index < -0.39 is 0 Å². The predicted molar refractivity (Wildman–Crippen MR) is 72.6 cm³/mol. The number of anilines is 1. The molecule has 0 fully saturated rings. The third kappa shape index (κ3) is 6.48. The molecule has 0 bridgehead atoms. The van der Waals surface area contributed by atoms with Crippen molar-refractivity contribution in [3.05, 3.63) is 12.4 Å². The molecule has 0 radical (unpaired) electrons. The molecule has 1 aromatic rings. The lowest BCUT2D eigenvalue weighted by atomic mass is 10.3. The van der Waals surface area contributed by atoms with Crippen LogP contribution in [-0.2, 0) is 4.74 Å². The summed E-state index contributed by atoms with van der Waals surface area (Å²) in [5.74, 6) is 0.887. The minimum atomic E-state index is 0.813. The number of hydrogen-bond donors (Lipinski definition) is 1. The maximum absolute atomic E-state index is 5.48. The van der Waals surface area contributed by atoms with Crippen molar-refractivity contribution in [1.82, 2.24) is 9.97 Å². The first kappa shape index (κ1) is 14.3. The molecule has 4 nitrogen and oxygen atoms in total. The molecule has 0 spiro atoms. The van der Waals surface area contributed by atoms with Gasteiger partial charge in [0.1, 0.15) is 17.2 Å². The molecule has 1 rings (SSSR count). The van der Waals surface area contributed by atoms with Crippen LogP contribution in [0.2, 0.25) is 0 Å². The summed E-state index contributed by atoms with van der Waals surface area (Å²) in [5.41, 5.74) is 0. The van der Waals surface area contributed by atoms with Crippen molar-refractivity contribution in [3.8, 4) is 0 Å². The van der Waals surface area contributed by atoms with Gasteiger partial charge in [0, 0.05) is 25.8 Å². The largest absolute Gasteiger partial charge is 0.381 e. The molecule has 1 heterocycles. The number of hydrogen-bond acceptors (Lipinski definition) is 5. The van der Waals surface area contributed by atoms with Crippen molar-refractivity contribution in [3.63, 3.8) is 0 Å². The lowest BCUT2D eigenvalue weighted by Crippen LogP contribution is -2.07. The van der Waals surface area contributed by atoms with Crippen molar-refractivity contribution in [2.75, 3.05) is 31.3 Å². The first-order valence-corrected chi connectivity index (χ1v) is 7.27. The SMILES string of the molecule is CCCCOCCCNc1cc(SC)ncn1. The monoisotopic (exact) mass is 255 g/mol. The van der Waals surface area contributed by atoms with E-state index in [4.69, 9.17) is 4.74 Å². The molecule has 1 aromatic heterocycles. The highest BCUT2D eigenvalue weighted by atomic mass is 32.2. The molecule has 0 saturated carbocycles. The van der Waals surface area contributed by atoms with Crippen LogP contribution in [0, 0.1) is 0 Å². The van der Waals surface area contributed by atoms with E-state index >= 15 is 0 Å². The molecule has 0 aliphatic heterocycles. The number of nitrogens with zero attached hydrogens (tertiary/aromatic N) is 2. The van der Waals surface area contributed by atoms with E-state index in [-0.39, 0.29) is 0 Å². The summed E-state index contributed by atoms with van der Waals surface area (Å²) in [6.07, 6.45) is 6.94. The maximum atomic E-state index is 5.48. The molecule has 17 heavy (non-hydrogen) atoms. The van der Waals surface area contributed by atoms with Crippen LogP contribution in [0.15, 0.2) is 17.4 Å². The van der Waals surface area contributed by atoms with Crippen LogP contribution in [0.25, 0.3) is 0 Å².